The van der Waals surface area contributed by atoms with E-state index in [1.807, 2.05) is 49.4 Å². The lowest BCUT2D eigenvalue weighted by Crippen LogP contribution is -2.31. The largest absolute Gasteiger partial charge is 0.456 e. The Balaban J connectivity index is 1.70. The molecule has 148 valence electrons. The minimum atomic E-state index is -0.557. The Hall–Kier alpha value is -2.95. The zero-order chi connectivity index (χ0) is 20.4. The highest BCUT2D eigenvalue weighted by molar-refractivity contribution is 5.97. The van der Waals surface area contributed by atoms with E-state index in [1.54, 1.807) is 12.1 Å². The second-order valence-corrected chi connectivity index (χ2v) is 6.73. The molecule has 0 saturated heterocycles. The van der Waals surface area contributed by atoms with Crippen LogP contribution >= 0.6 is 0 Å². The van der Waals surface area contributed by atoms with Crippen molar-refractivity contribution in [2.45, 2.75) is 45.6 Å². The Morgan fingerprint density at radius 1 is 0.964 bits per heavy atom. The van der Waals surface area contributed by atoms with Crippen LogP contribution in [0.3, 0.4) is 0 Å². The Kier molecular flexibility index (Phi) is 8.40. The van der Waals surface area contributed by atoms with Gasteiger partial charge < -0.3 is 10.1 Å². The normalized spacial score (nSPS) is 11.5. The van der Waals surface area contributed by atoms with Crippen LogP contribution in [0.15, 0.2) is 54.6 Å². The van der Waals surface area contributed by atoms with Gasteiger partial charge >= 0.3 is 5.97 Å². The van der Waals surface area contributed by atoms with Gasteiger partial charge in [0, 0.05) is 12.0 Å². The van der Waals surface area contributed by atoms with Crippen LogP contribution < -0.4 is 5.32 Å². The molecule has 0 aliphatic heterocycles. The van der Waals surface area contributed by atoms with E-state index < -0.39 is 5.97 Å². The van der Waals surface area contributed by atoms with Gasteiger partial charge in [-0.2, -0.15) is 0 Å². The molecule has 0 heterocycles. The third kappa shape index (κ3) is 6.99. The molecule has 0 aliphatic carbocycles. The second-order valence-electron chi connectivity index (χ2n) is 6.73. The van der Waals surface area contributed by atoms with Crippen molar-refractivity contribution in [2.24, 2.45) is 0 Å². The molecule has 5 nitrogen and oxygen atoms in total. The highest BCUT2D eigenvalue weighted by Crippen LogP contribution is 2.12. The van der Waals surface area contributed by atoms with Crippen molar-refractivity contribution in [2.75, 3.05) is 6.61 Å². The van der Waals surface area contributed by atoms with Crippen LogP contribution in [-0.4, -0.2) is 24.3 Å². The average molecular weight is 381 g/mol. The molecular weight excluding hydrogens is 354 g/mol. The monoisotopic (exact) mass is 381 g/mol. The minimum absolute atomic E-state index is 0.0446. The van der Waals surface area contributed by atoms with Crippen molar-refractivity contribution in [3.8, 4) is 0 Å². The predicted octanol–water partition coefficient (Wildman–Crippen LogP) is 4.02. The van der Waals surface area contributed by atoms with Crippen LogP contribution in [0.5, 0.6) is 0 Å². The van der Waals surface area contributed by atoms with E-state index >= 15 is 0 Å². The first-order chi connectivity index (χ1) is 13.5. The lowest BCUT2D eigenvalue weighted by Gasteiger charge is -2.14. The van der Waals surface area contributed by atoms with Gasteiger partial charge in [-0.3, -0.25) is 14.4 Å². The Bertz CT molecular complexity index is 784. The molecule has 1 amide bonds. The van der Waals surface area contributed by atoms with E-state index in [1.165, 1.54) is 5.56 Å². The van der Waals surface area contributed by atoms with Gasteiger partial charge in [0.25, 0.3) is 5.91 Å². The maximum atomic E-state index is 12.2. The Morgan fingerprint density at radius 3 is 2.29 bits per heavy atom. The van der Waals surface area contributed by atoms with E-state index in [0.717, 1.165) is 18.4 Å². The molecule has 0 aromatic heterocycles. The first-order valence-electron chi connectivity index (χ1n) is 9.61. The summed E-state index contributed by atoms with van der Waals surface area (Å²) in [5.41, 5.74) is 2.74. The molecule has 2 aromatic rings. The van der Waals surface area contributed by atoms with Gasteiger partial charge in [-0.1, -0.05) is 67.9 Å². The fourth-order valence-electron chi connectivity index (χ4n) is 2.83. The molecular formula is C23H27NO4. The summed E-state index contributed by atoms with van der Waals surface area (Å²) in [4.78, 5) is 35.9. The van der Waals surface area contributed by atoms with Gasteiger partial charge in [0.15, 0.2) is 12.4 Å². The number of ketones is 1. The quantitative estimate of drug-likeness (QED) is 0.498. The maximum Gasteiger partial charge on any atom is 0.306 e. The van der Waals surface area contributed by atoms with Crippen LogP contribution in [-0.2, 0) is 20.7 Å². The number of benzene rings is 2. The third-order valence-corrected chi connectivity index (χ3v) is 4.41. The number of ether oxygens (including phenoxy) is 1. The first kappa shape index (κ1) is 21.4. The summed E-state index contributed by atoms with van der Waals surface area (Å²) >= 11 is 0. The van der Waals surface area contributed by atoms with Crippen LogP contribution in [0.2, 0.25) is 0 Å². The molecule has 0 radical (unpaired) electrons. The van der Waals surface area contributed by atoms with Gasteiger partial charge in [0.05, 0.1) is 12.5 Å². The summed E-state index contributed by atoms with van der Waals surface area (Å²) in [6.45, 7) is 3.61. The Labute approximate surface area is 166 Å². The molecule has 0 unspecified atom stereocenters. The van der Waals surface area contributed by atoms with Crippen LogP contribution in [0.4, 0.5) is 0 Å². The number of rotatable bonds is 10. The van der Waals surface area contributed by atoms with Crippen molar-refractivity contribution in [3.63, 3.8) is 0 Å². The molecule has 28 heavy (non-hydrogen) atoms. The van der Waals surface area contributed by atoms with Gasteiger partial charge in [-0.15, -0.1) is 0 Å². The molecule has 0 aliphatic rings. The number of carbonyl (C=O) groups excluding carboxylic acids is 3. The van der Waals surface area contributed by atoms with Gasteiger partial charge in [-0.25, -0.2) is 0 Å². The van der Waals surface area contributed by atoms with Crippen LogP contribution in [0.25, 0.3) is 0 Å². The number of hydrogen-bond donors (Lipinski definition) is 1. The first-order valence-corrected chi connectivity index (χ1v) is 9.61. The fourth-order valence-corrected chi connectivity index (χ4v) is 2.83. The van der Waals surface area contributed by atoms with Gasteiger partial charge in [0.1, 0.15) is 0 Å². The molecule has 0 saturated carbocycles. The molecule has 2 aromatic carbocycles. The van der Waals surface area contributed by atoms with Gasteiger partial charge in [-0.05, 0) is 24.5 Å². The molecule has 0 fully saturated rings. The molecule has 5 heteroatoms. The highest BCUT2D eigenvalue weighted by Gasteiger charge is 2.14. The van der Waals surface area contributed by atoms with Crippen molar-refractivity contribution >= 4 is 17.7 Å². The van der Waals surface area contributed by atoms with Crippen molar-refractivity contribution in [3.05, 3.63) is 71.3 Å². The van der Waals surface area contributed by atoms with E-state index in [9.17, 15) is 14.4 Å². The molecule has 1 atom stereocenters. The average Bonchev–Trinajstić information content (AvgIpc) is 2.72. The number of carbonyl (C=O) groups is 3. The molecule has 2 rings (SSSR count). The third-order valence-electron chi connectivity index (χ3n) is 4.41. The SMILES string of the molecule is CCCc1ccc(C(=O)CCC(=O)OCC(=O)N[C@H](C)c2ccccc2)cc1. The van der Waals surface area contributed by atoms with Crippen LogP contribution in [0.1, 0.15) is 60.6 Å². The molecule has 1 N–H and O–H groups in total. The van der Waals surface area contributed by atoms with Gasteiger partial charge in [0.2, 0.25) is 0 Å². The number of Topliss-reactive ketones (excluding diaryl/α,β-unsaturated/α-hetero) is 1. The number of nitrogens with one attached hydrogen (secondary N) is 1. The van der Waals surface area contributed by atoms with E-state index in [4.69, 9.17) is 4.74 Å². The standard InChI is InChI=1S/C23H27NO4/c1-3-7-18-10-12-20(13-11-18)21(25)14-15-23(27)28-16-22(26)24-17(2)19-8-5-4-6-9-19/h4-6,8-13,17H,3,7,14-16H2,1-2H3,(H,24,26)/t17-/m1/s1. The number of esters is 1. The Morgan fingerprint density at radius 2 is 1.64 bits per heavy atom. The van der Waals surface area contributed by atoms with Crippen molar-refractivity contribution in [1.82, 2.24) is 5.32 Å². The lowest BCUT2D eigenvalue weighted by atomic mass is 10.0. The number of aryl methyl sites for hydroxylation is 1. The van der Waals surface area contributed by atoms with E-state index in [2.05, 4.69) is 12.2 Å². The summed E-state index contributed by atoms with van der Waals surface area (Å²) in [7, 11) is 0. The van der Waals surface area contributed by atoms with Crippen LogP contribution in [0, 0.1) is 0 Å². The van der Waals surface area contributed by atoms with E-state index in [0.29, 0.717) is 5.56 Å². The zero-order valence-corrected chi connectivity index (χ0v) is 16.4. The molecule has 0 spiro atoms. The second kappa shape index (κ2) is 11.0. The lowest BCUT2D eigenvalue weighted by molar-refractivity contribution is -0.148. The number of hydrogen-bond acceptors (Lipinski definition) is 4. The summed E-state index contributed by atoms with van der Waals surface area (Å²) in [5, 5.41) is 2.77. The molecule has 0 bridgehead atoms. The summed E-state index contributed by atoms with van der Waals surface area (Å²) in [5.74, 6) is -1.04. The topological polar surface area (TPSA) is 72.5 Å². The summed E-state index contributed by atoms with van der Waals surface area (Å²) < 4.78 is 4.97. The van der Waals surface area contributed by atoms with Crippen molar-refractivity contribution < 1.29 is 19.1 Å². The predicted molar refractivity (Wildman–Crippen MR) is 108 cm³/mol. The van der Waals surface area contributed by atoms with Crippen molar-refractivity contribution in [1.29, 1.82) is 0 Å². The maximum absolute atomic E-state index is 12.2. The van der Waals surface area contributed by atoms with E-state index in [-0.39, 0.29) is 37.2 Å². The minimum Gasteiger partial charge on any atom is -0.456 e. The number of amides is 1. The fraction of sp³-hybridized carbons (Fsp3) is 0.348. The highest BCUT2D eigenvalue weighted by atomic mass is 16.5. The summed E-state index contributed by atoms with van der Waals surface area (Å²) in [6, 6.07) is 16.8. The zero-order valence-electron chi connectivity index (χ0n) is 16.4. The summed E-state index contributed by atoms with van der Waals surface area (Å²) in [6.07, 6.45) is 2.05. The smallest absolute Gasteiger partial charge is 0.306 e.